The quantitative estimate of drug-likeness (QED) is 0.568. The monoisotopic (exact) mass is 370 g/mol. The Hall–Kier alpha value is -1.03. The van der Waals surface area contributed by atoms with Crippen LogP contribution in [0, 0.1) is 11.8 Å². The molecule has 10 heteroatoms. The summed E-state index contributed by atoms with van der Waals surface area (Å²) < 4.78 is 60.9. The molecule has 2 aliphatic rings. The number of rotatable bonds is 5. The van der Waals surface area contributed by atoms with Gasteiger partial charge in [0.25, 0.3) is 0 Å². The molecule has 2 rings (SSSR count). The number of nitrogens with one attached hydrogen (secondary N) is 2. The Morgan fingerprint density at radius 1 is 1.29 bits per heavy atom. The fourth-order valence-corrected chi connectivity index (χ4v) is 3.70. The van der Waals surface area contributed by atoms with Crippen molar-refractivity contribution in [2.24, 2.45) is 16.8 Å². The first-order valence-corrected chi connectivity index (χ1v) is 9.70. The van der Waals surface area contributed by atoms with Crippen LogP contribution >= 0.6 is 0 Å². The fraction of sp³-hybridized carbons (Fsp3) is 0.929. The molecule has 24 heavy (non-hydrogen) atoms. The van der Waals surface area contributed by atoms with E-state index in [0.717, 1.165) is 18.9 Å². The van der Waals surface area contributed by atoms with E-state index in [1.54, 1.807) is 0 Å². The highest BCUT2D eigenvalue weighted by Gasteiger charge is 2.50. The van der Waals surface area contributed by atoms with Gasteiger partial charge in [0.15, 0.2) is 5.96 Å². The van der Waals surface area contributed by atoms with Crippen LogP contribution in [0.4, 0.5) is 13.2 Å². The Labute approximate surface area is 140 Å². The maximum atomic E-state index is 12.5. The molecule has 140 valence electrons. The summed E-state index contributed by atoms with van der Waals surface area (Å²) in [5.41, 5.74) is -5.22. The molecule has 1 heterocycles. The van der Waals surface area contributed by atoms with Crippen molar-refractivity contribution in [1.29, 1.82) is 0 Å². The van der Waals surface area contributed by atoms with E-state index >= 15 is 0 Å². The fourth-order valence-electron chi connectivity index (χ4n) is 2.72. The van der Waals surface area contributed by atoms with Crippen molar-refractivity contribution < 1.29 is 21.6 Å². The summed E-state index contributed by atoms with van der Waals surface area (Å²) in [7, 11) is -5.20. The third kappa shape index (κ3) is 4.75. The summed E-state index contributed by atoms with van der Waals surface area (Å²) in [6, 6.07) is 0.432. The molecule has 2 unspecified atom stereocenters. The molecule has 0 aromatic carbocycles. The van der Waals surface area contributed by atoms with Gasteiger partial charge in [0, 0.05) is 32.2 Å². The average molecular weight is 370 g/mol. The Kier molecular flexibility index (Phi) is 6.00. The van der Waals surface area contributed by atoms with Gasteiger partial charge in [0.1, 0.15) is 0 Å². The number of aliphatic imine (C=N–C) groups is 1. The molecular weight excluding hydrogens is 345 g/mol. The van der Waals surface area contributed by atoms with Gasteiger partial charge in [-0.15, -0.1) is 0 Å². The van der Waals surface area contributed by atoms with Crippen LogP contribution < -0.4 is 10.6 Å². The van der Waals surface area contributed by atoms with E-state index in [2.05, 4.69) is 22.5 Å². The number of nitrogens with zero attached hydrogens (tertiary/aromatic N) is 2. The molecule has 1 aliphatic carbocycles. The normalized spacial score (nSPS) is 27.1. The van der Waals surface area contributed by atoms with E-state index in [-0.39, 0.29) is 19.0 Å². The second-order valence-corrected chi connectivity index (χ2v) is 8.41. The third-order valence-corrected chi connectivity index (χ3v) is 6.12. The van der Waals surface area contributed by atoms with Crippen LogP contribution in [-0.2, 0) is 10.0 Å². The number of hydrogen-bond donors (Lipinski definition) is 2. The number of alkyl halides is 3. The summed E-state index contributed by atoms with van der Waals surface area (Å²) in [4.78, 5) is 4.49. The molecule has 0 spiro atoms. The van der Waals surface area contributed by atoms with Crippen molar-refractivity contribution in [3.8, 4) is 0 Å². The van der Waals surface area contributed by atoms with Crippen LogP contribution in [0.3, 0.4) is 0 Å². The maximum Gasteiger partial charge on any atom is 0.511 e. The number of piperidine rings is 1. The zero-order valence-electron chi connectivity index (χ0n) is 13.9. The van der Waals surface area contributed by atoms with Gasteiger partial charge in [0.05, 0.1) is 0 Å². The number of sulfonamides is 1. The number of halogens is 3. The van der Waals surface area contributed by atoms with Crippen LogP contribution in [0.2, 0.25) is 0 Å². The topological polar surface area (TPSA) is 73.8 Å². The first-order chi connectivity index (χ1) is 11.1. The van der Waals surface area contributed by atoms with Gasteiger partial charge >= 0.3 is 15.5 Å². The highest BCUT2D eigenvalue weighted by molar-refractivity contribution is 7.90. The molecule has 6 nitrogen and oxygen atoms in total. The van der Waals surface area contributed by atoms with Crippen LogP contribution in [0.25, 0.3) is 0 Å². The largest absolute Gasteiger partial charge is 0.511 e. The predicted octanol–water partition coefficient (Wildman–Crippen LogP) is 1.51. The standard InChI is InChI=1S/C14H25F3N4O2S/c1-3-18-13(20-12-8-10(12)2)19-9-11-4-6-21(7-5-11)24(22,23)14(15,16)17/h10-12H,3-9H2,1-2H3,(H2,18,19,20). The van der Waals surface area contributed by atoms with Gasteiger partial charge in [-0.3, -0.25) is 4.99 Å². The van der Waals surface area contributed by atoms with Gasteiger partial charge in [-0.2, -0.15) is 17.5 Å². The van der Waals surface area contributed by atoms with Gasteiger partial charge in [-0.1, -0.05) is 6.92 Å². The molecular formula is C14H25F3N4O2S. The Bertz CT molecular complexity index is 557. The lowest BCUT2D eigenvalue weighted by Gasteiger charge is -2.30. The van der Waals surface area contributed by atoms with Crippen LogP contribution in [0.15, 0.2) is 4.99 Å². The minimum Gasteiger partial charge on any atom is -0.357 e. The van der Waals surface area contributed by atoms with Gasteiger partial charge in [-0.05, 0) is 38.0 Å². The molecule has 1 aliphatic heterocycles. The van der Waals surface area contributed by atoms with Gasteiger partial charge in [-0.25, -0.2) is 8.42 Å². The Morgan fingerprint density at radius 3 is 2.33 bits per heavy atom. The van der Waals surface area contributed by atoms with Crippen molar-refractivity contribution in [2.75, 3.05) is 26.2 Å². The van der Waals surface area contributed by atoms with E-state index < -0.39 is 15.5 Å². The van der Waals surface area contributed by atoms with Crippen molar-refractivity contribution in [3.05, 3.63) is 0 Å². The van der Waals surface area contributed by atoms with Crippen LogP contribution in [0.5, 0.6) is 0 Å². The van der Waals surface area contributed by atoms with Gasteiger partial charge < -0.3 is 10.6 Å². The summed E-state index contributed by atoms with van der Waals surface area (Å²) in [6.45, 7) is 5.12. The number of guanidine groups is 1. The minimum atomic E-state index is -5.22. The molecule has 0 bridgehead atoms. The molecule has 1 saturated carbocycles. The van der Waals surface area contributed by atoms with E-state index in [9.17, 15) is 21.6 Å². The van der Waals surface area contributed by atoms with E-state index in [0.29, 0.717) is 35.7 Å². The van der Waals surface area contributed by atoms with E-state index in [1.807, 2.05) is 6.92 Å². The van der Waals surface area contributed by atoms with Crippen LogP contribution in [-0.4, -0.2) is 56.4 Å². The van der Waals surface area contributed by atoms with Gasteiger partial charge in [0.2, 0.25) is 0 Å². The SMILES string of the molecule is CCNC(=NCC1CCN(S(=O)(=O)C(F)(F)F)CC1)NC1CC1C. The molecule has 0 aromatic heterocycles. The van der Waals surface area contributed by atoms with Crippen molar-refractivity contribution >= 4 is 16.0 Å². The lowest BCUT2D eigenvalue weighted by atomic mass is 9.98. The molecule has 1 saturated heterocycles. The average Bonchev–Trinajstić information content (AvgIpc) is 3.19. The molecule has 2 fully saturated rings. The second kappa shape index (κ2) is 7.47. The lowest BCUT2D eigenvalue weighted by molar-refractivity contribution is -0.0496. The summed E-state index contributed by atoms with van der Waals surface area (Å²) in [6.07, 6.45) is 1.88. The zero-order valence-corrected chi connectivity index (χ0v) is 14.8. The predicted molar refractivity (Wildman–Crippen MR) is 86.0 cm³/mol. The second-order valence-electron chi connectivity index (χ2n) is 6.48. The molecule has 2 N–H and O–H groups in total. The van der Waals surface area contributed by atoms with Crippen molar-refractivity contribution in [2.45, 2.75) is 44.7 Å². The highest BCUT2D eigenvalue weighted by atomic mass is 32.2. The number of hydrogen-bond acceptors (Lipinski definition) is 3. The summed E-state index contributed by atoms with van der Waals surface area (Å²) >= 11 is 0. The lowest BCUT2D eigenvalue weighted by Crippen LogP contribution is -2.45. The van der Waals surface area contributed by atoms with E-state index in [1.165, 1.54) is 0 Å². The molecule has 0 aromatic rings. The maximum absolute atomic E-state index is 12.5. The summed E-state index contributed by atoms with van der Waals surface area (Å²) in [5, 5.41) is 6.47. The highest BCUT2D eigenvalue weighted by Crippen LogP contribution is 2.30. The zero-order chi connectivity index (χ0) is 18.0. The van der Waals surface area contributed by atoms with Crippen molar-refractivity contribution in [1.82, 2.24) is 14.9 Å². The molecule has 0 radical (unpaired) electrons. The molecule has 0 amide bonds. The smallest absolute Gasteiger partial charge is 0.357 e. The minimum absolute atomic E-state index is 0.0942. The van der Waals surface area contributed by atoms with Crippen molar-refractivity contribution in [3.63, 3.8) is 0 Å². The Balaban J connectivity index is 1.84. The van der Waals surface area contributed by atoms with E-state index in [4.69, 9.17) is 0 Å². The summed E-state index contributed by atoms with van der Waals surface area (Å²) in [5.74, 6) is 1.44. The first kappa shape index (κ1) is 19.3. The van der Waals surface area contributed by atoms with Crippen LogP contribution in [0.1, 0.15) is 33.1 Å². The third-order valence-electron chi connectivity index (χ3n) is 4.49. The molecule has 2 atom stereocenters. The first-order valence-electron chi connectivity index (χ1n) is 8.26. The Morgan fingerprint density at radius 2 is 1.88 bits per heavy atom.